The first-order valence-electron chi connectivity index (χ1n) is 6.86. The third-order valence-corrected chi connectivity index (χ3v) is 4.36. The van der Waals surface area contributed by atoms with E-state index in [2.05, 4.69) is 15.5 Å². The maximum absolute atomic E-state index is 5.84. The summed E-state index contributed by atoms with van der Waals surface area (Å²) in [7, 11) is 0. The van der Waals surface area contributed by atoms with Crippen molar-refractivity contribution in [3.05, 3.63) is 35.2 Å². The average Bonchev–Trinajstić information content (AvgIpc) is 3.16. The van der Waals surface area contributed by atoms with Crippen LogP contribution in [0.4, 0.5) is 5.69 Å². The van der Waals surface area contributed by atoms with E-state index in [4.69, 9.17) is 20.8 Å². The lowest BCUT2D eigenvalue weighted by atomic mass is 10.3. The van der Waals surface area contributed by atoms with Crippen LogP contribution in [0.15, 0.2) is 33.9 Å². The van der Waals surface area contributed by atoms with E-state index < -0.39 is 0 Å². The van der Waals surface area contributed by atoms with Crippen LogP contribution in [0, 0.1) is 0 Å². The van der Waals surface area contributed by atoms with E-state index in [1.807, 2.05) is 24.3 Å². The lowest BCUT2D eigenvalue weighted by Crippen LogP contribution is -2.07. The number of rotatable bonds is 6. The molecule has 112 valence electrons. The quantitative estimate of drug-likeness (QED) is 0.819. The number of hydrogen-bond donors (Lipinski definition) is 1. The van der Waals surface area contributed by atoms with Crippen molar-refractivity contribution in [3.63, 3.8) is 0 Å². The molecule has 1 saturated heterocycles. The van der Waals surface area contributed by atoms with Gasteiger partial charge in [0, 0.05) is 23.1 Å². The van der Waals surface area contributed by atoms with Gasteiger partial charge in [0.05, 0.1) is 12.6 Å². The molecule has 1 atom stereocenters. The summed E-state index contributed by atoms with van der Waals surface area (Å²) in [4.78, 5) is 0. The molecule has 21 heavy (non-hydrogen) atoms. The highest BCUT2D eigenvalue weighted by Crippen LogP contribution is 2.23. The molecule has 0 amide bonds. The maximum Gasteiger partial charge on any atom is 0.276 e. The Morgan fingerprint density at radius 1 is 1.29 bits per heavy atom. The average molecular weight is 326 g/mol. The van der Waals surface area contributed by atoms with Crippen LogP contribution < -0.4 is 5.32 Å². The van der Waals surface area contributed by atoms with Gasteiger partial charge in [-0.25, -0.2) is 0 Å². The van der Waals surface area contributed by atoms with Crippen LogP contribution in [0.3, 0.4) is 0 Å². The molecule has 0 saturated carbocycles. The summed E-state index contributed by atoms with van der Waals surface area (Å²) in [6.45, 7) is 1.36. The third-order valence-electron chi connectivity index (χ3n) is 3.15. The van der Waals surface area contributed by atoms with Gasteiger partial charge in [-0.05, 0) is 37.1 Å². The maximum atomic E-state index is 5.84. The fourth-order valence-electron chi connectivity index (χ4n) is 2.05. The van der Waals surface area contributed by atoms with Crippen LogP contribution in [0.5, 0.6) is 0 Å². The SMILES string of the molecule is Clc1ccc(NCc2nnc(SCC3CCCO3)o2)cc1. The number of hydrogen-bond acceptors (Lipinski definition) is 6. The molecule has 1 unspecified atom stereocenters. The zero-order valence-electron chi connectivity index (χ0n) is 11.4. The fraction of sp³-hybridized carbons (Fsp3) is 0.429. The molecule has 0 bridgehead atoms. The van der Waals surface area contributed by atoms with Gasteiger partial charge in [0.15, 0.2) is 0 Å². The molecule has 1 aliphatic heterocycles. The van der Waals surface area contributed by atoms with E-state index in [9.17, 15) is 0 Å². The zero-order valence-corrected chi connectivity index (χ0v) is 13.0. The van der Waals surface area contributed by atoms with Gasteiger partial charge in [0.1, 0.15) is 0 Å². The topological polar surface area (TPSA) is 60.2 Å². The summed E-state index contributed by atoms with van der Waals surface area (Å²) >= 11 is 7.39. The minimum absolute atomic E-state index is 0.317. The Balaban J connectivity index is 1.46. The number of thioether (sulfide) groups is 1. The Labute approximate surface area is 132 Å². The summed E-state index contributed by atoms with van der Waals surface area (Å²) in [6, 6.07) is 7.48. The highest BCUT2D eigenvalue weighted by Gasteiger charge is 2.17. The van der Waals surface area contributed by atoms with Gasteiger partial charge in [-0.1, -0.05) is 23.4 Å². The molecule has 0 radical (unpaired) electrons. The minimum Gasteiger partial charge on any atom is -0.414 e. The summed E-state index contributed by atoms with van der Waals surface area (Å²) in [5, 5.41) is 12.6. The van der Waals surface area contributed by atoms with E-state index in [1.54, 1.807) is 11.8 Å². The van der Waals surface area contributed by atoms with Crippen LogP contribution in [-0.4, -0.2) is 28.7 Å². The number of aromatic nitrogens is 2. The van der Waals surface area contributed by atoms with Crippen LogP contribution in [-0.2, 0) is 11.3 Å². The van der Waals surface area contributed by atoms with Crippen molar-refractivity contribution in [2.75, 3.05) is 17.7 Å². The second-order valence-electron chi connectivity index (χ2n) is 4.77. The second-order valence-corrected chi connectivity index (χ2v) is 6.18. The van der Waals surface area contributed by atoms with Crippen molar-refractivity contribution in [2.24, 2.45) is 0 Å². The van der Waals surface area contributed by atoms with Gasteiger partial charge in [-0.2, -0.15) is 0 Å². The van der Waals surface area contributed by atoms with E-state index in [-0.39, 0.29) is 0 Å². The normalized spacial score (nSPS) is 18.0. The standard InChI is InChI=1S/C14H16ClN3O2S/c15-10-3-5-11(6-4-10)16-8-13-17-18-14(20-13)21-9-12-2-1-7-19-12/h3-6,12,16H,1-2,7-9H2. The molecule has 1 aliphatic rings. The lowest BCUT2D eigenvalue weighted by molar-refractivity contribution is 0.128. The third kappa shape index (κ3) is 4.36. The first-order valence-corrected chi connectivity index (χ1v) is 8.22. The molecular weight excluding hydrogens is 310 g/mol. The fourth-order valence-corrected chi connectivity index (χ4v) is 3.02. The number of benzene rings is 1. The van der Waals surface area contributed by atoms with Gasteiger partial charge < -0.3 is 14.5 Å². The van der Waals surface area contributed by atoms with E-state index in [0.717, 1.165) is 30.9 Å². The molecular formula is C14H16ClN3O2S. The Morgan fingerprint density at radius 2 is 2.14 bits per heavy atom. The van der Waals surface area contributed by atoms with Crippen molar-refractivity contribution in [2.45, 2.75) is 30.7 Å². The number of ether oxygens (including phenoxy) is 1. The molecule has 2 aromatic rings. The van der Waals surface area contributed by atoms with Crippen molar-refractivity contribution < 1.29 is 9.15 Å². The first-order chi connectivity index (χ1) is 10.3. The molecule has 2 heterocycles. The van der Waals surface area contributed by atoms with Crippen LogP contribution in [0.2, 0.25) is 5.02 Å². The minimum atomic E-state index is 0.317. The molecule has 1 aromatic heterocycles. The van der Waals surface area contributed by atoms with Crippen LogP contribution in [0.25, 0.3) is 0 Å². The Kier molecular flexibility index (Phi) is 5.00. The zero-order chi connectivity index (χ0) is 14.5. The van der Waals surface area contributed by atoms with Crippen molar-refractivity contribution in [1.29, 1.82) is 0 Å². The Bertz CT molecular complexity index is 570. The van der Waals surface area contributed by atoms with Gasteiger partial charge in [-0.3, -0.25) is 0 Å². The van der Waals surface area contributed by atoms with Gasteiger partial charge in [0.2, 0.25) is 5.89 Å². The van der Waals surface area contributed by atoms with Gasteiger partial charge >= 0.3 is 0 Å². The number of anilines is 1. The lowest BCUT2D eigenvalue weighted by Gasteiger charge is -2.05. The predicted molar refractivity (Wildman–Crippen MR) is 82.8 cm³/mol. The molecule has 5 nitrogen and oxygen atoms in total. The summed E-state index contributed by atoms with van der Waals surface area (Å²) < 4.78 is 11.1. The van der Waals surface area contributed by atoms with Gasteiger partial charge in [0.25, 0.3) is 5.22 Å². The van der Waals surface area contributed by atoms with E-state index in [0.29, 0.717) is 28.8 Å². The first kappa shape index (κ1) is 14.7. The number of halogens is 1. The smallest absolute Gasteiger partial charge is 0.276 e. The molecule has 0 spiro atoms. The van der Waals surface area contributed by atoms with Gasteiger partial charge in [-0.15, -0.1) is 10.2 Å². The van der Waals surface area contributed by atoms with Crippen molar-refractivity contribution in [3.8, 4) is 0 Å². The number of nitrogens with one attached hydrogen (secondary N) is 1. The van der Waals surface area contributed by atoms with E-state index >= 15 is 0 Å². The molecule has 1 fully saturated rings. The molecule has 1 aromatic carbocycles. The summed E-state index contributed by atoms with van der Waals surface area (Å²) in [5.74, 6) is 1.44. The molecule has 3 rings (SSSR count). The predicted octanol–water partition coefficient (Wildman–Crippen LogP) is 3.61. The highest BCUT2D eigenvalue weighted by atomic mass is 35.5. The number of nitrogens with zero attached hydrogens (tertiary/aromatic N) is 2. The van der Waals surface area contributed by atoms with Crippen molar-refractivity contribution in [1.82, 2.24) is 10.2 Å². The van der Waals surface area contributed by atoms with Crippen molar-refractivity contribution >= 4 is 29.1 Å². The second kappa shape index (κ2) is 7.15. The van der Waals surface area contributed by atoms with Crippen LogP contribution >= 0.6 is 23.4 Å². The highest BCUT2D eigenvalue weighted by molar-refractivity contribution is 7.99. The molecule has 0 aliphatic carbocycles. The van der Waals surface area contributed by atoms with E-state index in [1.165, 1.54) is 0 Å². The summed E-state index contributed by atoms with van der Waals surface area (Å²) in [5.41, 5.74) is 0.964. The monoisotopic (exact) mass is 325 g/mol. The Hall–Kier alpha value is -1.24. The van der Waals surface area contributed by atoms with Crippen LogP contribution in [0.1, 0.15) is 18.7 Å². The molecule has 1 N–H and O–H groups in total. The largest absolute Gasteiger partial charge is 0.414 e. The molecule has 7 heteroatoms. The summed E-state index contributed by atoms with van der Waals surface area (Å²) in [6.07, 6.45) is 2.58. The Morgan fingerprint density at radius 3 is 2.90 bits per heavy atom.